The van der Waals surface area contributed by atoms with E-state index in [1.54, 1.807) is 0 Å². The fourth-order valence-corrected chi connectivity index (χ4v) is 1.89. The van der Waals surface area contributed by atoms with Crippen molar-refractivity contribution in [1.29, 1.82) is 0 Å². The summed E-state index contributed by atoms with van der Waals surface area (Å²) in [6.07, 6.45) is 6.60. The summed E-state index contributed by atoms with van der Waals surface area (Å²) in [7, 11) is 0. The van der Waals surface area contributed by atoms with Crippen LogP contribution in [-0.4, -0.2) is 0 Å². The van der Waals surface area contributed by atoms with Crippen molar-refractivity contribution in [3.63, 3.8) is 0 Å². The Kier molecular flexibility index (Phi) is 7.03. The highest BCUT2D eigenvalue weighted by atomic mass is 14.2. The molecule has 0 bridgehead atoms. The zero-order valence-electron chi connectivity index (χ0n) is 9.90. The molecule has 2 atom stereocenters. The Hall–Kier alpha value is -0.260. The molecule has 0 spiro atoms. The van der Waals surface area contributed by atoms with Gasteiger partial charge in [-0.05, 0) is 38.0 Å². The monoisotopic (exact) mass is 182 g/mol. The van der Waals surface area contributed by atoms with Crippen molar-refractivity contribution in [3.05, 3.63) is 12.2 Å². The highest BCUT2D eigenvalue weighted by molar-refractivity contribution is 4.87. The van der Waals surface area contributed by atoms with Crippen molar-refractivity contribution in [2.24, 2.45) is 11.8 Å². The van der Waals surface area contributed by atoms with Gasteiger partial charge in [0.25, 0.3) is 0 Å². The van der Waals surface area contributed by atoms with Crippen molar-refractivity contribution >= 4 is 0 Å². The molecule has 0 nitrogen and oxygen atoms in total. The number of hydrogen-bond donors (Lipinski definition) is 0. The summed E-state index contributed by atoms with van der Waals surface area (Å²) in [5, 5.41) is 0. The first-order valence-electron chi connectivity index (χ1n) is 5.76. The first-order valence-corrected chi connectivity index (χ1v) is 5.76. The lowest BCUT2D eigenvalue weighted by molar-refractivity contribution is 0.311. The van der Waals surface area contributed by atoms with Gasteiger partial charge in [-0.2, -0.15) is 0 Å². The molecular formula is C13H26. The smallest absolute Gasteiger partial charge is 0.0326 e. The van der Waals surface area contributed by atoms with Crippen LogP contribution in [0.5, 0.6) is 0 Å². The van der Waals surface area contributed by atoms with Gasteiger partial charge < -0.3 is 0 Å². The normalized spacial score (nSPS) is 15.4. The van der Waals surface area contributed by atoms with Gasteiger partial charge in [0.1, 0.15) is 0 Å². The third-order valence-corrected chi connectivity index (χ3v) is 3.15. The van der Waals surface area contributed by atoms with Crippen LogP contribution in [0.4, 0.5) is 0 Å². The fraction of sp³-hybridized carbons (Fsp3) is 0.846. The SMILES string of the molecule is C=C(C)CCCC(CC)C(C)CC. The van der Waals surface area contributed by atoms with Gasteiger partial charge in [-0.25, -0.2) is 0 Å². The van der Waals surface area contributed by atoms with Crippen molar-refractivity contribution in [2.45, 2.75) is 59.8 Å². The van der Waals surface area contributed by atoms with Crippen LogP contribution in [0.15, 0.2) is 12.2 Å². The number of hydrogen-bond acceptors (Lipinski definition) is 0. The van der Waals surface area contributed by atoms with Crippen LogP contribution < -0.4 is 0 Å². The summed E-state index contributed by atoms with van der Waals surface area (Å²) in [4.78, 5) is 0. The maximum atomic E-state index is 3.94. The van der Waals surface area contributed by atoms with Crippen molar-refractivity contribution in [1.82, 2.24) is 0 Å². The molecule has 0 saturated carbocycles. The Morgan fingerprint density at radius 2 is 1.85 bits per heavy atom. The lowest BCUT2D eigenvalue weighted by atomic mass is 9.85. The molecule has 0 N–H and O–H groups in total. The summed E-state index contributed by atoms with van der Waals surface area (Å²) in [6, 6.07) is 0. The molecule has 0 rings (SSSR count). The van der Waals surface area contributed by atoms with E-state index in [2.05, 4.69) is 34.3 Å². The Morgan fingerprint density at radius 3 is 2.23 bits per heavy atom. The molecule has 0 aromatic rings. The van der Waals surface area contributed by atoms with Crippen molar-refractivity contribution in [2.75, 3.05) is 0 Å². The molecule has 0 fully saturated rings. The van der Waals surface area contributed by atoms with E-state index >= 15 is 0 Å². The van der Waals surface area contributed by atoms with Gasteiger partial charge in [0.2, 0.25) is 0 Å². The van der Waals surface area contributed by atoms with E-state index in [0.29, 0.717) is 0 Å². The predicted molar refractivity (Wildman–Crippen MR) is 61.9 cm³/mol. The highest BCUT2D eigenvalue weighted by Gasteiger charge is 2.12. The molecule has 2 unspecified atom stereocenters. The summed E-state index contributed by atoms with van der Waals surface area (Å²) in [6.45, 7) is 13.1. The molecule has 13 heavy (non-hydrogen) atoms. The minimum absolute atomic E-state index is 0.898. The second kappa shape index (κ2) is 7.17. The second-order valence-electron chi connectivity index (χ2n) is 4.40. The van der Waals surface area contributed by atoms with E-state index in [9.17, 15) is 0 Å². The molecule has 0 aliphatic carbocycles. The van der Waals surface area contributed by atoms with E-state index in [1.807, 2.05) is 0 Å². The van der Waals surface area contributed by atoms with Gasteiger partial charge in [-0.3, -0.25) is 0 Å². The van der Waals surface area contributed by atoms with E-state index in [1.165, 1.54) is 37.7 Å². The lowest BCUT2D eigenvalue weighted by Gasteiger charge is -2.21. The van der Waals surface area contributed by atoms with Gasteiger partial charge >= 0.3 is 0 Å². The molecule has 0 heteroatoms. The molecule has 0 aromatic heterocycles. The summed E-state index contributed by atoms with van der Waals surface area (Å²) >= 11 is 0. The number of allylic oxidation sites excluding steroid dienone is 1. The quantitative estimate of drug-likeness (QED) is 0.496. The van der Waals surface area contributed by atoms with Gasteiger partial charge in [0, 0.05) is 0 Å². The Bertz CT molecular complexity index is 135. The third-order valence-electron chi connectivity index (χ3n) is 3.15. The zero-order chi connectivity index (χ0) is 10.3. The molecule has 0 aromatic carbocycles. The summed E-state index contributed by atoms with van der Waals surface area (Å²) < 4.78 is 0. The van der Waals surface area contributed by atoms with Crippen molar-refractivity contribution in [3.8, 4) is 0 Å². The van der Waals surface area contributed by atoms with Gasteiger partial charge in [-0.1, -0.05) is 39.2 Å². The zero-order valence-corrected chi connectivity index (χ0v) is 9.90. The Morgan fingerprint density at radius 1 is 1.23 bits per heavy atom. The highest BCUT2D eigenvalue weighted by Crippen LogP contribution is 2.24. The minimum atomic E-state index is 0.898. The van der Waals surface area contributed by atoms with Crippen molar-refractivity contribution < 1.29 is 0 Å². The first kappa shape index (κ1) is 12.7. The van der Waals surface area contributed by atoms with E-state index < -0.39 is 0 Å². The van der Waals surface area contributed by atoms with Crippen LogP contribution in [0.25, 0.3) is 0 Å². The molecule has 0 aliphatic rings. The number of rotatable bonds is 7. The summed E-state index contributed by atoms with van der Waals surface area (Å²) in [5.74, 6) is 1.83. The van der Waals surface area contributed by atoms with Crippen LogP contribution in [-0.2, 0) is 0 Å². The molecule has 78 valence electrons. The average Bonchev–Trinajstić information content (AvgIpc) is 2.11. The van der Waals surface area contributed by atoms with Crippen LogP contribution in [0.1, 0.15) is 59.8 Å². The van der Waals surface area contributed by atoms with E-state index in [0.717, 1.165) is 11.8 Å². The molecule has 0 radical (unpaired) electrons. The Balaban J connectivity index is 3.65. The van der Waals surface area contributed by atoms with Crippen LogP contribution >= 0.6 is 0 Å². The second-order valence-corrected chi connectivity index (χ2v) is 4.40. The topological polar surface area (TPSA) is 0 Å². The van der Waals surface area contributed by atoms with Gasteiger partial charge in [0.15, 0.2) is 0 Å². The predicted octanol–water partition coefficient (Wildman–Crippen LogP) is 4.81. The first-order chi connectivity index (χ1) is 6.11. The van der Waals surface area contributed by atoms with Gasteiger partial charge in [0.05, 0.1) is 0 Å². The van der Waals surface area contributed by atoms with Gasteiger partial charge in [-0.15, -0.1) is 6.58 Å². The summed E-state index contributed by atoms with van der Waals surface area (Å²) in [5.41, 5.74) is 1.33. The fourth-order valence-electron chi connectivity index (χ4n) is 1.89. The van der Waals surface area contributed by atoms with Crippen LogP contribution in [0.3, 0.4) is 0 Å². The van der Waals surface area contributed by atoms with E-state index in [4.69, 9.17) is 0 Å². The largest absolute Gasteiger partial charge is 0.100 e. The van der Waals surface area contributed by atoms with Crippen LogP contribution in [0.2, 0.25) is 0 Å². The maximum absolute atomic E-state index is 3.94. The third kappa shape index (κ3) is 5.90. The molecule has 0 saturated heterocycles. The van der Waals surface area contributed by atoms with Crippen LogP contribution in [0, 0.1) is 11.8 Å². The standard InChI is InChI=1S/C13H26/c1-6-12(5)13(7-2)10-8-9-11(3)4/h12-13H,3,6-10H2,1-2,4-5H3. The molecular weight excluding hydrogens is 156 g/mol. The lowest BCUT2D eigenvalue weighted by Crippen LogP contribution is -2.09. The maximum Gasteiger partial charge on any atom is -0.0326 e. The molecule has 0 aliphatic heterocycles. The minimum Gasteiger partial charge on any atom is -0.100 e. The van der Waals surface area contributed by atoms with E-state index in [-0.39, 0.29) is 0 Å². The molecule has 0 heterocycles. The Labute approximate surface area is 84.4 Å². The average molecular weight is 182 g/mol. The molecule has 0 amide bonds.